The van der Waals surface area contributed by atoms with Gasteiger partial charge in [-0.15, -0.1) is 0 Å². The fourth-order valence-corrected chi connectivity index (χ4v) is 3.02. The van der Waals surface area contributed by atoms with Gasteiger partial charge in [-0.1, -0.05) is 66.7 Å². The molecule has 0 fully saturated rings. The first-order valence-corrected chi connectivity index (χ1v) is 7.56. The second-order valence-electron chi connectivity index (χ2n) is 5.43. The second kappa shape index (κ2) is 5.91. The van der Waals surface area contributed by atoms with Gasteiger partial charge < -0.3 is 14.3 Å². The Balaban J connectivity index is 1.61. The molecule has 0 amide bonds. The van der Waals surface area contributed by atoms with E-state index in [1.165, 1.54) is 0 Å². The van der Waals surface area contributed by atoms with Crippen LogP contribution < -0.4 is 4.65 Å². The Morgan fingerprint density at radius 1 is 0.696 bits per heavy atom. The highest BCUT2D eigenvalue weighted by Crippen LogP contribution is 2.45. The van der Waals surface area contributed by atoms with Crippen molar-refractivity contribution in [2.45, 2.75) is 6.10 Å². The average Bonchev–Trinajstić information content (AvgIpc) is 2.90. The van der Waals surface area contributed by atoms with Crippen molar-refractivity contribution in [1.29, 1.82) is 0 Å². The summed E-state index contributed by atoms with van der Waals surface area (Å²) in [5, 5.41) is 10.2. The maximum absolute atomic E-state index is 10.2. The summed E-state index contributed by atoms with van der Waals surface area (Å²) in [6.07, 6.45) is -0.332. The van der Waals surface area contributed by atoms with Crippen LogP contribution in [0, 0.1) is 0 Å². The zero-order valence-electron chi connectivity index (χ0n) is 12.4. The van der Waals surface area contributed by atoms with Crippen LogP contribution in [-0.4, -0.2) is 12.3 Å². The van der Waals surface area contributed by atoms with E-state index in [2.05, 4.69) is 12.1 Å². The first-order valence-electron chi connectivity index (χ1n) is 7.56. The summed E-state index contributed by atoms with van der Waals surface area (Å²) in [6, 6.07) is 25.3. The number of hydrogen-bond donors (Lipinski definition) is 1. The predicted molar refractivity (Wildman–Crippen MR) is 89.8 cm³/mol. The number of para-hydroxylation sites is 1. The van der Waals surface area contributed by atoms with E-state index in [4.69, 9.17) is 9.31 Å². The highest BCUT2D eigenvalue weighted by Gasteiger charge is 2.33. The largest absolute Gasteiger partial charge is 0.711 e. The molecule has 0 aliphatic heterocycles. The molecule has 0 aromatic heterocycles. The van der Waals surface area contributed by atoms with E-state index in [9.17, 15) is 5.02 Å². The fraction of sp³-hybridized carbons (Fsp3) is 0.0526. The minimum absolute atomic E-state index is 0.332. The average molecular weight is 302 g/mol. The Labute approximate surface area is 135 Å². The molecule has 0 spiro atoms. The molecule has 0 radical (unpaired) electrons. The molecule has 3 aromatic carbocycles. The van der Waals surface area contributed by atoms with Crippen LogP contribution in [0.15, 0.2) is 78.9 Å². The summed E-state index contributed by atoms with van der Waals surface area (Å²) >= 11 is 0. The summed E-state index contributed by atoms with van der Waals surface area (Å²) < 4.78 is 11.2. The van der Waals surface area contributed by atoms with Gasteiger partial charge in [0.1, 0.15) is 5.75 Å². The standard InChI is InChI=1S/C19H15BO3/c21-20(22-14-8-2-1-3-9-14)23-19-17-12-6-4-10-15(17)16-11-5-7-13-18(16)19/h1-13,19,21H. The third kappa shape index (κ3) is 2.63. The van der Waals surface area contributed by atoms with Crippen LogP contribution in [-0.2, 0) is 4.65 Å². The molecule has 0 heterocycles. The SMILES string of the molecule is OB(Oc1ccccc1)OC1c2ccccc2-c2ccccc21. The maximum Gasteiger partial charge on any atom is 0.711 e. The van der Waals surface area contributed by atoms with Crippen molar-refractivity contribution in [3.63, 3.8) is 0 Å². The third-order valence-electron chi connectivity index (χ3n) is 4.01. The molecule has 23 heavy (non-hydrogen) atoms. The number of rotatable bonds is 4. The monoisotopic (exact) mass is 302 g/mol. The van der Waals surface area contributed by atoms with Gasteiger partial charge in [0.05, 0.1) is 6.10 Å². The zero-order valence-corrected chi connectivity index (χ0v) is 12.4. The van der Waals surface area contributed by atoms with Gasteiger partial charge in [-0.25, -0.2) is 0 Å². The zero-order chi connectivity index (χ0) is 15.6. The van der Waals surface area contributed by atoms with Crippen molar-refractivity contribution >= 4 is 7.32 Å². The van der Waals surface area contributed by atoms with E-state index in [0.717, 1.165) is 22.3 Å². The number of hydrogen-bond acceptors (Lipinski definition) is 3. The second-order valence-corrected chi connectivity index (χ2v) is 5.43. The maximum atomic E-state index is 10.2. The highest BCUT2D eigenvalue weighted by molar-refractivity contribution is 6.35. The first kappa shape index (κ1) is 14.1. The van der Waals surface area contributed by atoms with Gasteiger partial charge in [0.25, 0.3) is 0 Å². The summed E-state index contributed by atoms with van der Waals surface area (Å²) in [6.45, 7) is 0. The Morgan fingerprint density at radius 2 is 1.22 bits per heavy atom. The van der Waals surface area contributed by atoms with E-state index >= 15 is 0 Å². The van der Waals surface area contributed by atoms with Gasteiger partial charge in [0.15, 0.2) is 0 Å². The predicted octanol–water partition coefficient (Wildman–Crippen LogP) is 3.83. The lowest BCUT2D eigenvalue weighted by molar-refractivity contribution is 0.153. The highest BCUT2D eigenvalue weighted by atomic mass is 16.7. The van der Waals surface area contributed by atoms with E-state index in [1.807, 2.05) is 54.6 Å². The van der Waals surface area contributed by atoms with Crippen molar-refractivity contribution in [3.8, 4) is 16.9 Å². The quantitative estimate of drug-likeness (QED) is 0.744. The van der Waals surface area contributed by atoms with Gasteiger partial charge in [0.2, 0.25) is 0 Å². The van der Waals surface area contributed by atoms with Crippen LogP contribution in [0.5, 0.6) is 5.75 Å². The summed E-state index contributed by atoms with van der Waals surface area (Å²) in [7, 11) is -1.33. The molecule has 112 valence electrons. The minimum Gasteiger partial charge on any atom is -0.512 e. The first-order chi connectivity index (χ1) is 11.3. The van der Waals surface area contributed by atoms with Gasteiger partial charge in [-0.05, 0) is 34.4 Å². The lowest BCUT2D eigenvalue weighted by Gasteiger charge is -2.17. The van der Waals surface area contributed by atoms with Crippen LogP contribution in [0.25, 0.3) is 11.1 Å². The van der Waals surface area contributed by atoms with E-state index < -0.39 is 7.32 Å². The van der Waals surface area contributed by atoms with Gasteiger partial charge in [-0.3, -0.25) is 0 Å². The number of benzene rings is 3. The van der Waals surface area contributed by atoms with Crippen LogP contribution >= 0.6 is 0 Å². The molecule has 0 atom stereocenters. The lowest BCUT2D eigenvalue weighted by atomic mass is 10.1. The van der Waals surface area contributed by atoms with Gasteiger partial charge in [0, 0.05) is 0 Å². The molecule has 3 nitrogen and oxygen atoms in total. The fourth-order valence-electron chi connectivity index (χ4n) is 3.02. The van der Waals surface area contributed by atoms with Crippen LogP contribution in [0.4, 0.5) is 0 Å². The Hall–Kier alpha value is -2.56. The molecule has 0 bridgehead atoms. The molecular weight excluding hydrogens is 287 g/mol. The molecule has 4 heteroatoms. The van der Waals surface area contributed by atoms with Crippen molar-refractivity contribution in [1.82, 2.24) is 0 Å². The smallest absolute Gasteiger partial charge is 0.512 e. The molecule has 4 rings (SSSR count). The van der Waals surface area contributed by atoms with Crippen molar-refractivity contribution in [3.05, 3.63) is 90.0 Å². The van der Waals surface area contributed by atoms with Crippen LogP contribution in [0.1, 0.15) is 17.2 Å². The molecule has 3 aromatic rings. The molecular formula is C19H15BO3. The number of fused-ring (bicyclic) bond motifs is 3. The van der Waals surface area contributed by atoms with E-state index in [0.29, 0.717) is 5.75 Å². The topological polar surface area (TPSA) is 38.7 Å². The Bertz CT molecular complexity index is 774. The minimum atomic E-state index is -1.33. The molecule has 0 saturated heterocycles. The summed E-state index contributed by atoms with van der Waals surface area (Å²) in [4.78, 5) is 0. The Kier molecular flexibility index (Phi) is 3.62. The summed E-state index contributed by atoms with van der Waals surface area (Å²) in [5.74, 6) is 0.569. The molecule has 0 saturated carbocycles. The van der Waals surface area contributed by atoms with Crippen molar-refractivity contribution in [2.24, 2.45) is 0 Å². The molecule has 1 aliphatic carbocycles. The third-order valence-corrected chi connectivity index (χ3v) is 4.01. The van der Waals surface area contributed by atoms with Crippen molar-refractivity contribution < 1.29 is 14.3 Å². The van der Waals surface area contributed by atoms with Crippen LogP contribution in [0.2, 0.25) is 0 Å². The van der Waals surface area contributed by atoms with Gasteiger partial charge in [-0.2, -0.15) is 0 Å². The van der Waals surface area contributed by atoms with E-state index in [-0.39, 0.29) is 6.10 Å². The van der Waals surface area contributed by atoms with Crippen LogP contribution in [0.3, 0.4) is 0 Å². The lowest BCUT2D eigenvalue weighted by Crippen LogP contribution is -2.28. The normalized spacial score (nSPS) is 12.6. The Morgan fingerprint density at radius 3 is 1.83 bits per heavy atom. The molecule has 1 aliphatic rings. The molecule has 1 N–H and O–H groups in total. The molecule has 0 unspecified atom stereocenters. The van der Waals surface area contributed by atoms with Gasteiger partial charge >= 0.3 is 7.32 Å². The summed E-state index contributed by atoms with van der Waals surface area (Å²) in [5.41, 5.74) is 4.37. The van der Waals surface area contributed by atoms with E-state index in [1.54, 1.807) is 12.1 Å². The van der Waals surface area contributed by atoms with Crippen molar-refractivity contribution in [2.75, 3.05) is 0 Å².